The van der Waals surface area contributed by atoms with E-state index in [0.29, 0.717) is 0 Å². The summed E-state index contributed by atoms with van der Waals surface area (Å²) < 4.78 is 9.44. The van der Waals surface area contributed by atoms with Gasteiger partial charge in [-0.05, 0) is 0 Å². The van der Waals surface area contributed by atoms with E-state index in [1.165, 1.54) is 7.11 Å². The Morgan fingerprint density at radius 3 is 2.27 bits per heavy atom. The fourth-order valence-corrected chi connectivity index (χ4v) is 1.03. The SMILES string of the molecule is COC[C@H]1OC(O)[C@H](O)[C@@H]1O. The Labute approximate surface area is 64.2 Å². The molecule has 1 heterocycles. The lowest BCUT2D eigenvalue weighted by atomic mass is 10.1. The summed E-state index contributed by atoms with van der Waals surface area (Å²) >= 11 is 0. The molecule has 0 aromatic rings. The first-order valence-electron chi connectivity index (χ1n) is 3.35. The second-order valence-corrected chi connectivity index (χ2v) is 2.50. The number of hydrogen-bond acceptors (Lipinski definition) is 5. The van der Waals surface area contributed by atoms with E-state index in [9.17, 15) is 0 Å². The summed E-state index contributed by atoms with van der Waals surface area (Å²) in [6.45, 7) is 0.162. The molecule has 0 aromatic heterocycles. The van der Waals surface area contributed by atoms with Crippen LogP contribution in [-0.4, -0.2) is 53.6 Å². The minimum absolute atomic E-state index is 0.162. The first-order chi connectivity index (χ1) is 5.16. The average Bonchev–Trinajstić information content (AvgIpc) is 2.19. The zero-order chi connectivity index (χ0) is 8.43. The molecule has 0 saturated carbocycles. The Morgan fingerprint density at radius 2 is 1.91 bits per heavy atom. The van der Waals surface area contributed by atoms with Crippen LogP contribution in [0, 0.1) is 0 Å². The standard InChI is InChI=1S/C6H12O5/c1-10-2-3-4(7)5(8)6(9)11-3/h3-9H,2H2,1H3/t3-,4-,5-,6?/m1/s1. The number of methoxy groups -OCH3 is 1. The number of hydrogen-bond donors (Lipinski definition) is 3. The molecule has 0 aromatic carbocycles. The molecule has 3 N–H and O–H groups in total. The molecule has 5 heteroatoms. The van der Waals surface area contributed by atoms with Gasteiger partial charge in [0, 0.05) is 7.11 Å². The summed E-state index contributed by atoms with van der Waals surface area (Å²) in [4.78, 5) is 0. The highest BCUT2D eigenvalue weighted by molar-refractivity contribution is 4.85. The summed E-state index contributed by atoms with van der Waals surface area (Å²) in [6, 6.07) is 0. The molecule has 11 heavy (non-hydrogen) atoms. The molecule has 1 fully saturated rings. The van der Waals surface area contributed by atoms with Crippen LogP contribution in [0.1, 0.15) is 0 Å². The molecule has 0 radical (unpaired) electrons. The van der Waals surface area contributed by atoms with Crippen molar-refractivity contribution in [2.24, 2.45) is 0 Å². The summed E-state index contributed by atoms with van der Waals surface area (Å²) in [6.07, 6.45) is -4.23. The van der Waals surface area contributed by atoms with Gasteiger partial charge in [-0.3, -0.25) is 0 Å². The van der Waals surface area contributed by atoms with Gasteiger partial charge < -0.3 is 24.8 Å². The molecule has 66 valence electrons. The predicted octanol–water partition coefficient (Wildman–Crippen LogP) is -1.93. The Hall–Kier alpha value is -0.200. The van der Waals surface area contributed by atoms with Crippen LogP contribution in [-0.2, 0) is 9.47 Å². The highest BCUT2D eigenvalue weighted by Crippen LogP contribution is 2.19. The van der Waals surface area contributed by atoms with Gasteiger partial charge in [0.2, 0.25) is 0 Å². The zero-order valence-electron chi connectivity index (χ0n) is 6.17. The van der Waals surface area contributed by atoms with Crippen LogP contribution < -0.4 is 0 Å². The summed E-state index contributed by atoms with van der Waals surface area (Å²) in [5, 5.41) is 27.0. The van der Waals surface area contributed by atoms with E-state index >= 15 is 0 Å². The van der Waals surface area contributed by atoms with Crippen LogP contribution in [0.3, 0.4) is 0 Å². The normalized spacial score (nSPS) is 44.7. The number of rotatable bonds is 2. The van der Waals surface area contributed by atoms with Crippen LogP contribution in [0.2, 0.25) is 0 Å². The summed E-state index contributed by atoms with van der Waals surface area (Å²) in [7, 11) is 1.45. The maximum atomic E-state index is 9.14. The maximum absolute atomic E-state index is 9.14. The van der Waals surface area contributed by atoms with Gasteiger partial charge in [0.1, 0.15) is 18.3 Å². The van der Waals surface area contributed by atoms with Crippen LogP contribution >= 0.6 is 0 Å². The average molecular weight is 164 g/mol. The van der Waals surface area contributed by atoms with E-state index in [0.717, 1.165) is 0 Å². The largest absolute Gasteiger partial charge is 0.387 e. The molecule has 0 bridgehead atoms. The molecule has 1 saturated heterocycles. The van der Waals surface area contributed by atoms with Crippen molar-refractivity contribution in [3.05, 3.63) is 0 Å². The highest BCUT2D eigenvalue weighted by Gasteiger charge is 2.41. The number of aliphatic hydroxyl groups is 3. The smallest absolute Gasteiger partial charge is 0.184 e. The van der Waals surface area contributed by atoms with Crippen molar-refractivity contribution in [2.45, 2.75) is 24.6 Å². The molecule has 4 atom stereocenters. The molecule has 1 rings (SSSR count). The quantitative estimate of drug-likeness (QED) is 0.443. The van der Waals surface area contributed by atoms with E-state index in [1.54, 1.807) is 0 Å². The van der Waals surface area contributed by atoms with Crippen molar-refractivity contribution in [1.82, 2.24) is 0 Å². The van der Waals surface area contributed by atoms with Gasteiger partial charge in [-0.15, -0.1) is 0 Å². The van der Waals surface area contributed by atoms with E-state index in [2.05, 4.69) is 4.74 Å². The molecular formula is C6H12O5. The van der Waals surface area contributed by atoms with Gasteiger partial charge in [-0.2, -0.15) is 0 Å². The van der Waals surface area contributed by atoms with Crippen LogP contribution in [0.15, 0.2) is 0 Å². The lowest BCUT2D eigenvalue weighted by Gasteiger charge is -2.11. The van der Waals surface area contributed by atoms with Gasteiger partial charge in [-0.25, -0.2) is 0 Å². The van der Waals surface area contributed by atoms with Gasteiger partial charge in [0.15, 0.2) is 6.29 Å². The van der Waals surface area contributed by atoms with Gasteiger partial charge in [0.25, 0.3) is 0 Å². The highest BCUT2D eigenvalue weighted by atomic mass is 16.7. The second-order valence-electron chi connectivity index (χ2n) is 2.50. The molecule has 1 unspecified atom stereocenters. The lowest BCUT2D eigenvalue weighted by Crippen LogP contribution is -2.34. The molecule has 0 spiro atoms. The first-order valence-corrected chi connectivity index (χ1v) is 3.35. The van der Waals surface area contributed by atoms with Gasteiger partial charge >= 0.3 is 0 Å². The summed E-state index contributed by atoms with van der Waals surface area (Å²) in [5.41, 5.74) is 0. The fourth-order valence-electron chi connectivity index (χ4n) is 1.03. The Bertz CT molecular complexity index is 128. The van der Waals surface area contributed by atoms with E-state index < -0.39 is 24.6 Å². The monoisotopic (exact) mass is 164 g/mol. The van der Waals surface area contributed by atoms with Crippen molar-refractivity contribution < 1.29 is 24.8 Å². The van der Waals surface area contributed by atoms with Gasteiger partial charge in [-0.1, -0.05) is 0 Å². The van der Waals surface area contributed by atoms with Crippen LogP contribution in [0.25, 0.3) is 0 Å². The topological polar surface area (TPSA) is 79.2 Å². The van der Waals surface area contributed by atoms with Gasteiger partial charge in [0.05, 0.1) is 6.61 Å². The third-order valence-electron chi connectivity index (χ3n) is 1.67. The molecule has 1 aliphatic rings. The Balaban J connectivity index is 2.45. The van der Waals surface area contributed by atoms with E-state index in [1.807, 2.05) is 0 Å². The summed E-state index contributed by atoms with van der Waals surface area (Å²) in [5.74, 6) is 0. The van der Waals surface area contributed by atoms with E-state index in [-0.39, 0.29) is 6.61 Å². The first kappa shape index (κ1) is 8.89. The lowest BCUT2D eigenvalue weighted by molar-refractivity contribution is -0.134. The van der Waals surface area contributed by atoms with Crippen molar-refractivity contribution in [3.63, 3.8) is 0 Å². The molecular weight excluding hydrogens is 152 g/mol. The number of aliphatic hydroxyl groups excluding tert-OH is 3. The fraction of sp³-hybridized carbons (Fsp3) is 1.00. The molecule has 0 aliphatic carbocycles. The van der Waals surface area contributed by atoms with Crippen molar-refractivity contribution in [2.75, 3.05) is 13.7 Å². The molecule has 1 aliphatic heterocycles. The Kier molecular flexibility index (Phi) is 2.80. The van der Waals surface area contributed by atoms with E-state index in [4.69, 9.17) is 20.1 Å². The second kappa shape index (κ2) is 3.46. The zero-order valence-corrected chi connectivity index (χ0v) is 6.17. The van der Waals surface area contributed by atoms with Crippen LogP contribution in [0.4, 0.5) is 0 Å². The third kappa shape index (κ3) is 1.69. The third-order valence-corrected chi connectivity index (χ3v) is 1.67. The maximum Gasteiger partial charge on any atom is 0.184 e. The minimum atomic E-state index is -1.30. The molecule has 5 nitrogen and oxygen atoms in total. The molecule has 0 amide bonds. The van der Waals surface area contributed by atoms with Crippen molar-refractivity contribution >= 4 is 0 Å². The van der Waals surface area contributed by atoms with Crippen molar-refractivity contribution in [3.8, 4) is 0 Å². The van der Waals surface area contributed by atoms with Crippen molar-refractivity contribution in [1.29, 1.82) is 0 Å². The Morgan fingerprint density at radius 1 is 1.27 bits per heavy atom. The predicted molar refractivity (Wildman–Crippen MR) is 34.8 cm³/mol. The minimum Gasteiger partial charge on any atom is -0.387 e. The van der Waals surface area contributed by atoms with Crippen LogP contribution in [0.5, 0.6) is 0 Å². The number of ether oxygens (including phenoxy) is 2.